The second-order valence-electron chi connectivity index (χ2n) is 6.84. The van der Waals surface area contributed by atoms with Gasteiger partial charge in [-0.1, -0.05) is 72.0 Å². The number of ether oxygens (including phenoxy) is 2. The zero-order valence-corrected chi connectivity index (χ0v) is 18.1. The Bertz CT molecular complexity index is 1120. The maximum Gasteiger partial charge on any atom is 0.238 e. The molecule has 4 rings (SSSR count). The second-order valence-corrected chi connectivity index (χ2v) is 7.87. The summed E-state index contributed by atoms with van der Waals surface area (Å²) in [4.78, 5) is 18.6. The summed E-state index contributed by atoms with van der Waals surface area (Å²) in [5.41, 5.74) is 2.81. The predicted octanol–water partition coefficient (Wildman–Crippen LogP) is 5.60. The number of amides is 1. The number of nitrogens with one attached hydrogen (secondary N) is 1. The van der Waals surface area contributed by atoms with Crippen molar-refractivity contribution in [2.45, 2.75) is 5.92 Å². The second kappa shape index (κ2) is 9.45. The molecule has 0 atom stereocenters. The first kappa shape index (κ1) is 20.6. The normalized spacial score (nSPS) is 10.7. The average molecular weight is 431 g/mol. The van der Waals surface area contributed by atoms with Gasteiger partial charge in [0, 0.05) is 6.20 Å². The number of carbonyl (C=O) groups excluding carboxylic acids is 1. The summed E-state index contributed by atoms with van der Waals surface area (Å²) >= 11 is 1.42. The number of aromatic nitrogens is 1. The molecule has 3 aromatic carbocycles. The molecule has 0 saturated heterocycles. The molecular formula is C25H22N2O3S. The molecule has 0 unspecified atom stereocenters. The number of hydrogen-bond donors (Lipinski definition) is 1. The first-order valence-corrected chi connectivity index (χ1v) is 10.6. The Morgan fingerprint density at radius 2 is 1.48 bits per heavy atom. The van der Waals surface area contributed by atoms with Gasteiger partial charge in [0.15, 0.2) is 16.6 Å². The molecule has 0 fully saturated rings. The Kier molecular flexibility index (Phi) is 6.29. The van der Waals surface area contributed by atoms with E-state index in [0.29, 0.717) is 16.6 Å². The van der Waals surface area contributed by atoms with Crippen LogP contribution >= 0.6 is 11.3 Å². The van der Waals surface area contributed by atoms with Gasteiger partial charge in [0.1, 0.15) is 0 Å². The SMILES string of the molecule is COc1ccc(-c2cnc(NC(=O)C(c3ccccc3)c3ccccc3)s2)cc1OC. The standard InChI is InChI=1S/C25H22N2O3S/c1-29-20-14-13-19(15-21(20)30-2)22-16-26-25(31-22)27-24(28)23(17-9-5-3-6-10-17)18-11-7-4-8-12-18/h3-16,23H,1-2H3,(H,26,27,28). The Balaban J connectivity index is 1.59. The van der Waals surface area contributed by atoms with Crippen molar-refractivity contribution >= 4 is 22.4 Å². The molecule has 0 radical (unpaired) electrons. The fraction of sp³-hybridized carbons (Fsp3) is 0.120. The molecule has 0 bridgehead atoms. The van der Waals surface area contributed by atoms with Crippen LogP contribution in [0.3, 0.4) is 0 Å². The first-order chi connectivity index (χ1) is 15.2. The highest BCUT2D eigenvalue weighted by Crippen LogP contribution is 2.36. The van der Waals surface area contributed by atoms with Crippen molar-refractivity contribution in [1.29, 1.82) is 0 Å². The molecule has 4 aromatic rings. The van der Waals surface area contributed by atoms with Crippen LogP contribution in [-0.4, -0.2) is 25.1 Å². The Hall–Kier alpha value is -3.64. The molecule has 0 aliphatic rings. The molecular weight excluding hydrogens is 408 g/mol. The van der Waals surface area contributed by atoms with Crippen LogP contribution in [0.5, 0.6) is 11.5 Å². The number of benzene rings is 3. The van der Waals surface area contributed by atoms with Gasteiger partial charge < -0.3 is 14.8 Å². The number of hydrogen-bond acceptors (Lipinski definition) is 5. The third-order valence-corrected chi connectivity index (χ3v) is 5.89. The van der Waals surface area contributed by atoms with Crippen molar-refractivity contribution < 1.29 is 14.3 Å². The van der Waals surface area contributed by atoms with Crippen molar-refractivity contribution in [3.8, 4) is 21.9 Å². The van der Waals surface area contributed by atoms with Crippen molar-refractivity contribution in [1.82, 2.24) is 4.98 Å². The van der Waals surface area contributed by atoms with Crippen LogP contribution in [0.1, 0.15) is 17.0 Å². The minimum absolute atomic E-state index is 0.120. The summed E-state index contributed by atoms with van der Waals surface area (Å²) in [6.07, 6.45) is 1.75. The highest BCUT2D eigenvalue weighted by atomic mass is 32.1. The van der Waals surface area contributed by atoms with E-state index < -0.39 is 5.92 Å². The topological polar surface area (TPSA) is 60.5 Å². The molecule has 1 N–H and O–H groups in total. The van der Waals surface area contributed by atoms with Crippen molar-refractivity contribution in [3.05, 3.63) is 96.2 Å². The molecule has 0 aliphatic carbocycles. The Morgan fingerprint density at radius 3 is 2.06 bits per heavy atom. The molecule has 0 aliphatic heterocycles. The minimum Gasteiger partial charge on any atom is -0.493 e. The van der Waals surface area contributed by atoms with Gasteiger partial charge in [0.05, 0.1) is 25.0 Å². The molecule has 0 saturated carbocycles. The third-order valence-electron chi connectivity index (χ3n) is 4.93. The van der Waals surface area contributed by atoms with Crippen LogP contribution in [-0.2, 0) is 4.79 Å². The minimum atomic E-state index is -0.421. The molecule has 5 nitrogen and oxygen atoms in total. The largest absolute Gasteiger partial charge is 0.493 e. The van der Waals surface area contributed by atoms with Gasteiger partial charge in [-0.2, -0.15) is 0 Å². The number of rotatable bonds is 7. The zero-order chi connectivity index (χ0) is 21.6. The lowest BCUT2D eigenvalue weighted by Gasteiger charge is -2.17. The summed E-state index contributed by atoms with van der Waals surface area (Å²) in [6, 6.07) is 25.2. The fourth-order valence-corrected chi connectivity index (χ4v) is 4.23. The molecule has 156 valence electrons. The quantitative estimate of drug-likeness (QED) is 0.415. The van der Waals surface area contributed by atoms with Crippen LogP contribution in [0.25, 0.3) is 10.4 Å². The van der Waals surface area contributed by atoms with Crippen molar-refractivity contribution in [2.24, 2.45) is 0 Å². The smallest absolute Gasteiger partial charge is 0.238 e. The van der Waals surface area contributed by atoms with Crippen LogP contribution in [0.4, 0.5) is 5.13 Å². The summed E-state index contributed by atoms with van der Waals surface area (Å²) in [5.74, 6) is 0.770. The summed E-state index contributed by atoms with van der Waals surface area (Å²) in [6.45, 7) is 0. The Morgan fingerprint density at radius 1 is 0.871 bits per heavy atom. The lowest BCUT2D eigenvalue weighted by molar-refractivity contribution is -0.116. The maximum absolute atomic E-state index is 13.3. The van der Waals surface area contributed by atoms with E-state index in [-0.39, 0.29) is 5.91 Å². The lowest BCUT2D eigenvalue weighted by Crippen LogP contribution is -2.22. The fourth-order valence-electron chi connectivity index (χ4n) is 3.42. The number of anilines is 1. The van der Waals surface area contributed by atoms with Gasteiger partial charge in [-0.05, 0) is 34.9 Å². The van der Waals surface area contributed by atoms with Gasteiger partial charge in [0.25, 0.3) is 0 Å². The predicted molar refractivity (Wildman–Crippen MR) is 124 cm³/mol. The van der Waals surface area contributed by atoms with Crippen LogP contribution in [0, 0.1) is 0 Å². The van der Waals surface area contributed by atoms with Gasteiger partial charge in [-0.15, -0.1) is 0 Å². The average Bonchev–Trinajstić information content (AvgIpc) is 3.28. The van der Waals surface area contributed by atoms with E-state index in [9.17, 15) is 4.79 Å². The van der Waals surface area contributed by atoms with Crippen molar-refractivity contribution in [3.63, 3.8) is 0 Å². The molecule has 1 amide bonds. The van der Waals surface area contributed by atoms with Crippen LogP contribution in [0.2, 0.25) is 0 Å². The van der Waals surface area contributed by atoms with E-state index in [1.807, 2.05) is 78.9 Å². The monoisotopic (exact) mass is 430 g/mol. The van der Waals surface area contributed by atoms with E-state index >= 15 is 0 Å². The van der Waals surface area contributed by atoms with E-state index in [1.165, 1.54) is 11.3 Å². The number of nitrogens with zero attached hydrogens (tertiary/aromatic N) is 1. The van der Waals surface area contributed by atoms with Crippen molar-refractivity contribution in [2.75, 3.05) is 19.5 Å². The lowest BCUT2D eigenvalue weighted by atomic mass is 9.90. The van der Waals surface area contributed by atoms with Gasteiger partial charge in [0.2, 0.25) is 5.91 Å². The van der Waals surface area contributed by atoms with Gasteiger partial charge in [-0.3, -0.25) is 4.79 Å². The highest BCUT2D eigenvalue weighted by molar-refractivity contribution is 7.19. The zero-order valence-electron chi connectivity index (χ0n) is 17.2. The van der Waals surface area contributed by atoms with Crippen LogP contribution in [0.15, 0.2) is 85.1 Å². The first-order valence-electron chi connectivity index (χ1n) is 9.78. The maximum atomic E-state index is 13.3. The number of thiazole rings is 1. The van der Waals surface area contributed by atoms with Crippen LogP contribution < -0.4 is 14.8 Å². The number of methoxy groups -OCH3 is 2. The van der Waals surface area contributed by atoms with E-state index in [4.69, 9.17) is 9.47 Å². The van der Waals surface area contributed by atoms with E-state index in [2.05, 4.69) is 10.3 Å². The van der Waals surface area contributed by atoms with E-state index in [1.54, 1.807) is 20.4 Å². The van der Waals surface area contributed by atoms with E-state index in [0.717, 1.165) is 21.6 Å². The summed E-state index contributed by atoms with van der Waals surface area (Å²) in [7, 11) is 3.21. The Labute approximate surface area is 185 Å². The molecule has 0 spiro atoms. The number of carbonyl (C=O) groups is 1. The molecule has 31 heavy (non-hydrogen) atoms. The van der Waals surface area contributed by atoms with Gasteiger partial charge in [-0.25, -0.2) is 4.98 Å². The summed E-state index contributed by atoms with van der Waals surface area (Å²) < 4.78 is 10.7. The molecule has 6 heteroatoms. The van der Waals surface area contributed by atoms with Gasteiger partial charge >= 0.3 is 0 Å². The molecule has 1 aromatic heterocycles. The third kappa shape index (κ3) is 4.59. The highest BCUT2D eigenvalue weighted by Gasteiger charge is 2.23. The summed E-state index contributed by atoms with van der Waals surface area (Å²) in [5, 5.41) is 3.54. The molecule has 1 heterocycles.